The van der Waals surface area contributed by atoms with Gasteiger partial charge in [-0.15, -0.1) is 0 Å². The molecule has 2 aliphatic heterocycles. The molecule has 2 heterocycles. The lowest BCUT2D eigenvalue weighted by Crippen LogP contribution is -2.40. The van der Waals surface area contributed by atoms with Crippen LogP contribution in [0.3, 0.4) is 0 Å². The molecule has 1 amide bonds. The Bertz CT molecular complexity index is 1120. The predicted octanol–water partition coefficient (Wildman–Crippen LogP) is 3.15. The average molecular weight is 459 g/mol. The molecule has 0 spiro atoms. The first-order chi connectivity index (χ1) is 15.4. The van der Waals surface area contributed by atoms with Gasteiger partial charge >= 0.3 is 0 Å². The van der Waals surface area contributed by atoms with Gasteiger partial charge in [-0.05, 0) is 61.7 Å². The van der Waals surface area contributed by atoms with Gasteiger partial charge in [0.1, 0.15) is 11.7 Å². The number of amides is 1. The Morgan fingerprint density at radius 2 is 2.00 bits per heavy atom. The Balaban J connectivity index is 1.38. The van der Waals surface area contributed by atoms with E-state index in [1.807, 2.05) is 6.07 Å². The molecule has 32 heavy (non-hydrogen) atoms. The molecule has 2 aromatic rings. The number of hydrogen-bond donors (Lipinski definition) is 2. The quantitative estimate of drug-likeness (QED) is 0.696. The second kappa shape index (κ2) is 9.79. The van der Waals surface area contributed by atoms with Crippen LogP contribution in [0.2, 0.25) is 0 Å². The van der Waals surface area contributed by atoms with Crippen molar-refractivity contribution in [2.45, 2.75) is 37.1 Å². The molecule has 170 valence electrons. The Morgan fingerprint density at radius 3 is 2.78 bits per heavy atom. The highest BCUT2D eigenvalue weighted by molar-refractivity contribution is 7.90. The van der Waals surface area contributed by atoms with E-state index in [0.29, 0.717) is 37.6 Å². The number of rotatable bonds is 6. The fraction of sp³-hybridized carbons (Fsp3) is 0.391. The third-order valence-electron chi connectivity index (χ3n) is 5.71. The van der Waals surface area contributed by atoms with Gasteiger partial charge in [-0.1, -0.05) is 18.2 Å². The van der Waals surface area contributed by atoms with E-state index in [-0.39, 0.29) is 22.5 Å². The molecule has 4 rings (SSSR count). The number of hydrogen-bond acceptors (Lipinski definition) is 5. The van der Waals surface area contributed by atoms with Crippen molar-refractivity contribution in [3.8, 4) is 0 Å². The highest BCUT2D eigenvalue weighted by atomic mass is 32.2. The third kappa shape index (κ3) is 5.72. The first-order valence-electron chi connectivity index (χ1n) is 10.8. The normalized spacial score (nSPS) is 19.4. The lowest BCUT2D eigenvalue weighted by Gasteiger charge is -2.32. The number of halogens is 1. The second-order valence-corrected chi connectivity index (χ2v) is 9.94. The van der Waals surface area contributed by atoms with Gasteiger partial charge in [0.25, 0.3) is 10.0 Å². The summed E-state index contributed by atoms with van der Waals surface area (Å²) < 4.78 is 41.2. The number of carbonyl (C=O) groups excluding carboxylic acids is 1. The Kier molecular flexibility index (Phi) is 6.86. The molecule has 1 unspecified atom stereocenters. The zero-order valence-electron chi connectivity index (χ0n) is 17.8. The number of aliphatic imine (C=N–C) groups is 1. The summed E-state index contributed by atoms with van der Waals surface area (Å²) in [5, 5.41) is 2.86. The summed E-state index contributed by atoms with van der Waals surface area (Å²) in [6, 6.07) is 12.7. The minimum atomic E-state index is -3.74. The summed E-state index contributed by atoms with van der Waals surface area (Å²) in [6.07, 6.45) is 3.08. The van der Waals surface area contributed by atoms with E-state index in [0.717, 1.165) is 31.4 Å². The lowest BCUT2D eigenvalue weighted by atomic mass is 9.96. The lowest BCUT2D eigenvalue weighted by molar-refractivity contribution is -0.121. The summed E-state index contributed by atoms with van der Waals surface area (Å²) in [7, 11) is -3.74. The molecule has 7 nitrogen and oxygen atoms in total. The molecule has 1 saturated heterocycles. The maximum atomic E-state index is 13.5. The van der Waals surface area contributed by atoms with E-state index in [2.05, 4.69) is 19.9 Å². The number of nitrogens with zero attached hydrogens (tertiary/aromatic N) is 2. The van der Waals surface area contributed by atoms with Crippen LogP contribution >= 0.6 is 0 Å². The Hall–Kier alpha value is -2.78. The topological polar surface area (TPSA) is 90.9 Å². The Labute approximate surface area is 187 Å². The number of benzene rings is 2. The van der Waals surface area contributed by atoms with Crippen molar-refractivity contribution < 1.29 is 17.6 Å². The molecule has 0 bridgehead atoms. The number of sulfonamides is 1. The van der Waals surface area contributed by atoms with Gasteiger partial charge in [-0.2, -0.15) is 0 Å². The number of likely N-dealkylation sites (tertiary alicyclic amines) is 1. The van der Waals surface area contributed by atoms with Crippen molar-refractivity contribution in [2.24, 2.45) is 10.9 Å². The van der Waals surface area contributed by atoms with E-state index in [9.17, 15) is 17.6 Å². The molecule has 0 radical (unpaired) electrons. The van der Waals surface area contributed by atoms with E-state index >= 15 is 0 Å². The van der Waals surface area contributed by atoms with E-state index in [1.54, 1.807) is 18.2 Å². The fourth-order valence-corrected chi connectivity index (χ4v) is 5.26. The average Bonchev–Trinajstić information content (AvgIpc) is 3.26. The molecule has 9 heteroatoms. The van der Waals surface area contributed by atoms with Crippen LogP contribution < -0.4 is 10.0 Å². The van der Waals surface area contributed by atoms with Crippen molar-refractivity contribution in [3.05, 3.63) is 59.9 Å². The number of carbonyl (C=O) groups is 1. The van der Waals surface area contributed by atoms with Crippen LogP contribution in [-0.4, -0.2) is 44.7 Å². The van der Waals surface area contributed by atoms with Crippen LogP contribution in [0.5, 0.6) is 0 Å². The van der Waals surface area contributed by atoms with E-state index in [1.165, 1.54) is 24.3 Å². The second-order valence-electron chi connectivity index (χ2n) is 8.26. The van der Waals surface area contributed by atoms with Crippen molar-refractivity contribution in [1.29, 1.82) is 0 Å². The van der Waals surface area contributed by atoms with Crippen LogP contribution in [-0.2, 0) is 21.4 Å². The van der Waals surface area contributed by atoms with Crippen molar-refractivity contribution in [3.63, 3.8) is 0 Å². The highest BCUT2D eigenvalue weighted by Gasteiger charge is 2.26. The number of piperidine rings is 1. The maximum absolute atomic E-state index is 13.5. The smallest absolute Gasteiger partial charge is 0.262 e. The van der Waals surface area contributed by atoms with Crippen LogP contribution in [0, 0.1) is 11.7 Å². The summed E-state index contributed by atoms with van der Waals surface area (Å²) in [4.78, 5) is 19.3. The van der Waals surface area contributed by atoms with Crippen LogP contribution in [0.4, 0.5) is 10.1 Å². The monoisotopic (exact) mass is 458 g/mol. The highest BCUT2D eigenvalue weighted by Crippen LogP contribution is 2.22. The van der Waals surface area contributed by atoms with Crippen molar-refractivity contribution in [2.75, 3.05) is 25.0 Å². The summed E-state index contributed by atoms with van der Waals surface area (Å²) >= 11 is 0. The zero-order chi connectivity index (χ0) is 22.6. The number of amidine groups is 1. The van der Waals surface area contributed by atoms with Gasteiger partial charge in [-0.25, -0.2) is 12.8 Å². The first-order valence-corrected chi connectivity index (χ1v) is 12.3. The molecule has 2 aromatic carbocycles. The van der Waals surface area contributed by atoms with Gasteiger partial charge in [0, 0.05) is 31.7 Å². The van der Waals surface area contributed by atoms with Crippen LogP contribution in [0.15, 0.2) is 58.4 Å². The van der Waals surface area contributed by atoms with Gasteiger partial charge in [-0.3, -0.25) is 19.4 Å². The molecule has 0 aliphatic carbocycles. The standard InChI is InChI=1S/C23H27FN4O3S/c24-19-7-1-5-17(13-19)15-28-12-4-6-18(16-28)23(29)26-20-8-2-9-21(14-20)32(30,31)27-22-10-3-11-25-22/h1-2,5,7-9,13-14,18H,3-4,6,10-12,15-16H2,(H,25,27)(H,26,29). The maximum Gasteiger partial charge on any atom is 0.262 e. The molecular weight excluding hydrogens is 431 g/mol. The summed E-state index contributed by atoms with van der Waals surface area (Å²) in [6.45, 7) is 2.64. The van der Waals surface area contributed by atoms with Gasteiger partial charge in [0.05, 0.1) is 10.8 Å². The molecule has 2 aliphatic rings. The van der Waals surface area contributed by atoms with Gasteiger partial charge < -0.3 is 5.32 Å². The summed E-state index contributed by atoms with van der Waals surface area (Å²) in [5.41, 5.74) is 1.32. The van der Waals surface area contributed by atoms with Crippen LogP contribution in [0.1, 0.15) is 31.2 Å². The largest absolute Gasteiger partial charge is 0.326 e. The predicted molar refractivity (Wildman–Crippen MR) is 121 cm³/mol. The molecular formula is C23H27FN4O3S. The Morgan fingerprint density at radius 1 is 1.16 bits per heavy atom. The van der Waals surface area contributed by atoms with Gasteiger partial charge in [0.2, 0.25) is 5.91 Å². The van der Waals surface area contributed by atoms with Crippen LogP contribution in [0.25, 0.3) is 0 Å². The minimum Gasteiger partial charge on any atom is -0.326 e. The van der Waals surface area contributed by atoms with Crippen molar-refractivity contribution >= 4 is 27.5 Å². The molecule has 1 atom stereocenters. The first kappa shape index (κ1) is 22.4. The third-order valence-corrected chi connectivity index (χ3v) is 7.09. The number of nitrogens with one attached hydrogen (secondary N) is 2. The minimum absolute atomic E-state index is 0.0845. The van der Waals surface area contributed by atoms with E-state index < -0.39 is 10.0 Å². The molecule has 0 saturated carbocycles. The van der Waals surface area contributed by atoms with Crippen molar-refractivity contribution in [1.82, 2.24) is 9.62 Å². The van der Waals surface area contributed by atoms with E-state index in [4.69, 9.17) is 0 Å². The molecule has 1 fully saturated rings. The summed E-state index contributed by atoms with van der Waals surface area (Å²) in [5.74, 6) is -0.154. The SMILES string of the molecule is O=C(Nc1cccc(S(=O)(=O)NC2=NCCC2)c1)C1CCCN(Cc2cccc(F)c2)C1. The molecule has 2 N–H and O–H groups in total. The zero-order valence-corrected chi connectivity index (χ0v) is 18.6. The number of anilines is 1. The van der Waals surface area contributed by atoms with Gasteiger partial charge in [0.15, 0.2) is 0 Å². The molecule has 0 aromatic heterocycles. The fourth-order valence-electron chi connectivity index (χ4n) is 4.13.